The van der Waals surface area contributed by atoms with Crippen LogP contribution in [-0.4, -0.2) is 19.3 Å². The molecule has 0 unspecified atom stereocenters. The van der Waals surface area contributed by atoms with Crippen LogP contribution in [-0.2, 0) is 11.3 Å². The minimum atomic E-state index is -0.0163. The molecule has 0 fully saturated rings. The molecule has 0 spiro atoms. The Labute approximate surface area is 70.4 Å². The highest BCUT2D eigenvalue weighted by molar-refractivity contribution is 5.35. The van der Waals surface area contributed by atoms with Crippen molar-refractivity contribution >= 4 is 0 Å². The van der Waals surface area contributed by atoms with E-state index in [9.17, 15) is 0 Å². The van der Waals surface area contributed by atoms with Gasteiger partial charge in [-0.1, -0.05) is 0 Å². The highest BCUT2D eigenvalue weighted by Gasteiger charge is 2.13. The monoisotopic (exact) mass is 171 g/mol. The molecule has 0 bridgehead atoms. The lowest BCUT2D eigenvalue weighted by Crippen LogP contribution is -1.89. The number of hydrogen-bond donors (Lipinski definition) is 1. The molecule has 1 aromatic rings. The van der Waals surface area contributed by atoms with Crippen molar-refractivity contribution in [3.8, 4) is 11.5 Å². The average Bonchev–Trinajstić information content (AvgIpc) is 2.09. The van der Waals surface area contributed by atoms with Gasteiger partial charge in [0.2, 0.25) is 0 Å². The molecule has 0 atom stereocenters. The number of ether oxygens (including phenoxy) is 2. The second-order valence-electron chi connectivity index (χ2n) is 2.23. The Balaban J connectivity index is 2.89. The predicted octanol–water partition coefficient (Wildman–Crippen LogP) is 1.42. The Morgan fingerprint density at radius 2 is 2.25 bits per heavy atom. The summed E-state index contributed by atoms with van der Waals surface area (Å²) in [7, 11) is 3.04. The standard InChI is InChI=1S/C8H10O4/c1-10-4-6-3-8(11-2)7(9)5-12-6/h3,5H,4H2,1-2H3/p+1. The van der Waals surface area contributed by atoms with E-state index >= 15 is 0 Å². The Hall–Kier alpha value is -1.29. The van der Waals surface area contributed by atoms with Crippen molar-refractivity contribution in [3.63, 3.8) is 0 Å². The van der Waals surface area contributed by atoms with E-state index in [1.54, 1.807) is 13.2 Å². The maximum atomic E-state index is 9.14. The van der Waals surface area contributed by atoms with Gasteiger partial charge in [-0.05, 0) is 0 Å². The van der Waals surface area contributed by atoms with Crippen molar-refractivity contribution in [2.24, 2.45) is 0 Å². The zero-order chi connectivity index (χ0) is 8.97. The highest BCUT2D eigenvalue weighted by Crippen LogP contribution is 2.26. The minimum absolute atomic E-state index is 0.0163. The fourth-order valence-corrected chi connectivity index (χ4v) is 0.825. The summed E-state index contributed by atoms with van der Waals surface area (Å²) >= 11 is 0. The first-order chi connectivity index (χ1) is 5.77. The second kappa shape index (κ2) is 3.92. The third-order valence-electron chi connectivity index (χ3n) is 1.37. The second-order valence-corrected chi connectivity index (χ2v) is 2.23. The summed E-state index contributed by atoms with van der Waals surface area (Å²) in [4.78, 5) is 0. The van der Waals surface area contributed by atoms with Crippen LogP contribution < -0.4 is 4.74 Å². The Morgan fingerprint density at radius 1 is 1.50 bits per heavy atom. The molecule has 0 saturated heterocycles. The Morgan fingerprint density at radius 3 is 2.83 bits per heavy atom. The number of hydrogen-bond acceptors (Lipinski definition) is 3. The van der Waals surface area contributed by atoms with E-state index in [-0.39, 0.29) is 5.75 Å². The third kappa shape index (κ3) is 1.85. The smallest absolute Gasteiger partial charge is 0.363 e. The largest absolute Gasteiger partial charge is 0.498 e. The fourth-order valence-electron chi connectivity index (χ4n) is 0.825. The third-order valence-corrected chi connectivity index (χ3v) is 1.37. The van der Waals surface area contributed by atoms with Gasteiger partial charge >= 0.3 is 12.0 Å². The van der Waals surface area contributed by atoms with Crippen molar-refractivity contribution in [2.75, 3.05) is 14.2 Å². The zero-order valence-corrected chi connectivity index (χ0v) is 7.03. The molecule has 0 saturated carbocycles. The van der Waals surface area contributed by atoms with E-state index in [1.807, 2.05) is 0 Å². The van der Waals surface area contributed by atoms with E-state index in [1.165, 1.54) is 13.4 Å². The molecule has 0 aliphatic heterocycles. The lowest BCUT2D eigenvalue weighted by molar-refractivity contribution is 0.160. The molecule has 0 aromatic carbocycles. The topological polar surface area (TPSA) is 50.0 Å². The van der Waals surface area contributed by atoms with Crippen LogP contribution in [0.4, 0.5) is 0 Å². The predicted molar refractivity (Wildman–Crippen MR) is 42.0 cm³/mol. The van der Waals surface area contributed by atoms with E-state index in [0.717, 1.165) is 0 Å². The normalized spacial score (nSPS) is 9.83. The molecule has 4 nitrogen and oxygen atoms in total. The molecule has 0 amide bonds. The van der Waals surface area contributed by atoms with Crippen molar-refractivity contribution in [3.05, 3.63) is 18.1 Å². The van der Waals surface area contributed by atoms with Gasteiger partial charge in [0, 0.05) is 7.11 Å². The van der Waals surface area contributed by atoms with Crippen LogP contribution >= 0.6 is 0 Å². The molecule has 4 heteroatoms. The van der Waals surface area contributed by atoms with Gasteiger partial charge in [0.05, 0.1) is 13.2 Å². The molecular formula is C8H11O4+. The number of methoxy groups -OCH3 is 2. The van der Waals surface area contributed by atoms with Crippen LogP contribution in [0.1, 0.15) is 5.76 Å². The molecule has 1 rings (SSSR count). The quantitative estimate of drug-likeness (QED) is 0.699. The first-order valence-corrected chi connectivity index (χ1v) is 3.44. The van der Waals surface area contributed by atoms with Gasteiger partial charge in [-0.25, -0.2) is 4.42 Å². The van der Waals surface area contributed by atoms with Crippen LogP contribution in [0, 0.1) is 0 Å². The molecule has 1 aromatic heterocycles. The summed E-state index contributed by atoms with van der Waals surface area (Å²) in [6, 6.07) is 1.58. The van der Waals surface area contributed by atoms with Gasteiger partial charge < -0.3 is 14.6 Å². The molecule has 12 heavy (non-hydrogen) atoms. The van der Waals surface area contributed by atoms with Crippen LogP contribution in [0.25, 0.3) is 0 Å². The van der Waals surface area contributed by atoms with Crippen molar-refractivity contribution in [2.45, 2.75) is 6.61 Å². The maximum Gasteiger partial charge on any atom is 0.363 e. The van der Waals surface area contributed by atoms with Crippen LogP contribution in [0.3, 0.4) is 0 Å². The van der Waals surface area contributed by atoms with Gasteiger partial charge in [-0.15, -0.1) is 0 Å². The summed E-state index contributed by atoms with van der Waals surface area (Å²) in [6.07, 6.45) is 1.22. The van der Waals surface area contributed by atoms with Gasteiger partial charge in [-0.2, -0.15) is 0 Å². The Bertz CT molecular complexity index is 259. The molecule has 1 N–H and O–H groups in total. The van der Waals surface area contributed by atoms with E-state index in [4.69, 9.17) is 19.0 Å². The summed E-state index contributed by atoms with van der Waals surface area (Å²) in [5.74, 6) is 0.970. The van der Waals surface area contributed by atoms with Crippen LogP contribution in [0.2, 0.25) is 0 Å². The van der Waals surface area contributed by atoms with Gasteiger partial charge in [0.25, 0.3) is 5.75 Å². The van der Waals surface area contributed by atoms with Crippen LogP contribution in [0.15, 0.2) is 16.7 Å². The van der Waals surface area contributed by atoms with Crippen LogP contribution in [0.5, 0.6) is 11.5 Å². The SMILES string of the molecule is COCc1cc(OC)c(O)c[o+]1. The van der Waals surface area contributed by atoms with Crippen molar-refractivity contribution < 1.29 is 19.0 Å². The molecule has 0 aliphatic rings. The fraction of sp³-hybridized carbons (Fsp3) is 0.375. The Kier molecular flexibility index (Phi) is 2.88. The zero-order valence-electron chi connectivity index (χ0n) is 7.03. The summed E-state index contributed by atoms with van der Waals surface area (Å²) in [5, 5.41) is 9.14. The summed E-state index contributed by atoms with van der Waals surface area (Å²) in [6.45, 7) is 0.358. The van der Waals surface area contributed by atoms with E-state index in [2.05, 4.69) is 0 Å². The maximum absolute atomic E-state index is 9.14. The highest BCUT2D eigenvalue weighted by atomic mass is 16.5. The number of rotatable bonds is 3. The van der Waals surface area contributed by atoms with Gasteiger partial charge in [0.1, 0.15) is 0 Å². The number of aromatic hydroxyl groups is 1. The molecular weight excluding hydrogens is 160 g/mol. The molecule has 0 radical (unpaired) electrons. The van der Waals surface area contributed by atoms with Crippen molar-refractivity contribution in [1.29, 1.82) is 0 Å². The van der Waals surface area contributed by atoms with Gasteiger partial charge in [-0.3, -0.25) is 0 Å². The van der Waals surface area contributed by atoms with E-state index < -0.39 is 0 Å². The molecule has 0 aliphatic carbocycles. The summed E-state index contributed by atoms with van der Waals surface area (Å²) < 4.78 is 14.7. The van der Waals surface area contributed by atoms with Crippen molar-refractivity contribution in [1.82, 2.24) is 0 Å². The first-order valence-electron chi connectivity index (χ1n) is 3.44. The lowest BCUT2D eigenvalue weighted by Gasteiger charge is -1.97. The lowest BCUT2D eigenvalue weighted by atomic mass is 10.3. The minimum Gasteiger partial charge on any atom is -0.498 e. The first kappa shape index (κ1) is 8.80. The van der Waals surface area contributed by atoms with E-state index in [0.29, 0.717) is 18.1 Å². The summed E-state index contributed by atoms with van der Waals surface area (Å²) in [5.41, 5.74) is 0. The molecule has 66 valence electrons. The average molecular weight is 171 g/mol. The van der Waals surface area contributed by atoms with Gasteiger partial charge in [0.15, 0.2) is 12.4 Å². The molecule has 1 heterocycles.